The molecule has 14 heavy (non-hydrogen) atoms. The van der Waals surface area contributed by atoms with E-state index < -0.39 is 9.84 Å². The summed E-state index contributed by atoms with van der Waals surface area (Å²) in [6.07, 6.45) is 3.94. The monoisotopic (exact) mass is 219 g/mol. The molecule has 0 aliphatic heterocycles. The van der Waals surface area contributed by atoms with Crippen molar-refractivity contribution in [3.63, 3.8) is 0 Å². The van der Waals surface area contributed by atoms with Crippen molar-refractivity contribution in [1.82, 2.24) is 5.32 Å². The van der Waals surface area contributed by atoms with E-state index in [0.717, 1.165) is 5.92 Å². The van der Waals surface area contributed by atoms with Gasteiger partial charge < -0.3 is 5.32 Å². The molecule has 0 saturated heterocycles. The summed E-state index contributed by atoms with van der Waals surface area (Å²) in [4.78, 5) is 0. The van der Waals surface area contributed by atoms with Gasteiger partial charge in [0, 0.05) is 18.3 Å². The molecule has 1 unspecified atom stereocenters. The van der Waals surface area contributed by atoms with Gasteiger partial charge in [-0.05, 0) is 25.7 Å². The van der Waals surface area contributed by atoms with E-state index in [1.165, 1.54) is 19.3 Å². The molecule has 1 aliphatic rings. The zero-order valence-corrected chi connectivity index (χ0v) is 9.94. The van der Waals surface area contributed by atoms with Gasteiger partial charge in [-0.3, -0.25) is 0 Å². The fourth-order valence-corrected chi connectivity index (χ4v) is 2.41. The van der Waals surface area contributed by atoms with Crippen LogP contribution in [0.1, 0.15) is 33.1 Å². The van der Waals surface area contributed by atoms with Crippen LogP contribution in [0.3, 0.4) is 0 Å². The molecule has 1 fully saturated rings. The first-order valence-electron chi connectivity index (χ1n) is 5.49. The van der Waals surface area contributed by atoms with Gasteiger partial charge in [0.25, 0.3) is 0 Å². The standard InChI is InChI=1S/C10H21NO2S/c1-3-14(12,13)8-7-11-9(2)10-5-4-6-10/h9-11H,3-8H2,1-2H3. The van der Waals surface area contributed by atoms with Crippen LogP contribution in [-0.2, 0) is 9.84 Å². The van der Waals surface area contributed by atoms with Gasteiger partial charge in [-0.2, -0.15) is 0 Å². The van der Waals surface area contributed by atoms with E-state index in [9.17, 15) is 8.42 Å². The number of sulfone groups is 1. The first-order valence-corrected chi connectivity index (χ1v) is 7.31. The van der Waals surface area contributed by atoms with Crippen LogP contribution in [0.4, 0.5) is 0 Å². The van der Waals surface area contributed by atoms with Crippen molar-refractivity contribution in [3.05, 3.63) is 0 Å². The van der Waals surface area contributed by atoms with E-state index >= 15 is 0 Å². The lowest BCUT2D eigenvalue weighted by Crippen LogP contribution is -2.39. The number of hydrogen-bond acceptors (Lipinski definition) is 3. The average Bonchev–Trinajstić information content (AvgIpc) is 2.01. The summed E-state index contributed by atoms with van der Waals surface area (Å²) in [5.41, 5.74) is 0. The molecule has 0 spiro atoms. The third-order valence-corrected chi connectivity index (χ3v) is 4.88. The van der Waals surface area contributed by atoms with Gasteiger partial charge >= 0.3 is 0 Å². The Kier molecular flexibility index (Phi) is 4.38. The zero-order valence-electron chi connectivity index (χ0n) is 9.12. The fourth-order valence-electron chi connectivity index (χ4n) is 1.69. The predicted octanol–water partition coefficient (Wildman–Crippen LogP) is 1.20. The molecule has 0 aromatic rings. The molecular weight excluding hydrogens is 198 g/mol. The maximum atomic E-state index is 11.2. The predicted molar refractivity (Wildman–Crippen MR) is 59.1 cm³/mol. The second-order valence-electron chi connectivity index (χ2n) is 4.17. The summed E-state index contributed by atoms with van der Waals surface area (Å²) >= 11 is 0. The molecule has 1 atom stereocenters. The van der Waals surface area contributed by atoms with Crippen LogP contribution in [0.15, 0.2) is 0 Å². The summed E-state index contributed by atoms with van der Waals surface area (Å²) in [6.45, 7) is 4.46. The molecule has 0 aromatic carbocycles. The van der Waals surface area contributed by atoms with Gasteiger partial charge in [0.05, 0.1) is 5.75 Å². The molecule has 0 amide bonds. The molecule has 0 bridgehead atoms. The SMILES string of the molecule is CCS(=O)(=O)CCNC(C)C1CCC1. The van der Waals surface area contributed by atoms with Crippen LogP contribution in [0.25, 0.3) is 0 Å². The van der Waals surface area contributed by atoms with Crippen LogP contribution in [0, 0.1) is 5.92 Å². The first-order chi connectivity index (χ1) is 6.55. The highest BCUT2D eigenvalue weighted by Gasteiger charge is 2.23. The van der Waals surface area contributed by atoms with Crippen molar-refractivity contribution in [3.8, 4) is 0 Å². The van der Waals surface area contributed by atoms with E-state index in [-0.39, 0.29) is 11.5 Å². The Morgan fingerprint density at radius 3 is 2.50 bits per heavy atom. The van der Waals surface area contributed by atoms with Gasteiger partial charge in [-0.1, -0.05) is 13.3 Å². The fraction of sp³-hybridized carbons (Fsp3) is 1.00. The lowest BCUT2D eigenvalue weighted by molar-refractivity contribution is 0.244. The summed E-state index contributed by atoms with van der Waals surface area (Å²) in [5.74, 6) is 1.31. The quantitative estimate of drug-likeness (QED) is 0.730. The Labute approximate surface area is 87.2 Å². The zero-order chi connectivity index (χ0) is 10.6. The van der Waals surface area contributed by atoms with Gasteiger partial charge in [0.15, 0.2) is 9.84 Å². The van der Waals surface area contributed by atoms with Crippen LogP contribution < -0.4 is 5.32 Å². The average molecular weight is 219 g/mol. The Morgan fingerprint density at radius 1 is 1.43 bits per heavy atom. The van der Waals surface area contributed by atoms with E-state index in [0.29, 0.717) is 12.6 Å². The van der Waals surface area contributed by atoms with Gasteiger partial charge in [0.2, 0.25) is 0 Å². The Balaban J connectivity index is 2.14. The summed E-state index contributed by atoms with van der Waals surface area (Å²) in [6, 6.07) is 0.482. The Morgan fingerprint density at radius 2 is 2.07 bits per heavy atom. The molecule has 3 nitrogen and oxygen atoms in total. The van der Waals surface area contributed by atoms with Crippen molar-refractivity contribution >= 4 is 9.84 Å². The van der Waals surface area contributed by atoms with Crippen molar-refractivity contribution in [2.75, 3.05) is 18.1 Å². The summed E-state index contributed by atoms with van der Waals surface area (Å²) in [5, 5.41) is 3.30. The molecule has 1 N–H and O–H groups in total. The molecule has 4 heteroatoms. The molecular formula is C10H21NO2S. The van der Waals surface area contributed by atoms with Gasteiger partial charge in [0.1, 0.15) is 0 Å². The molecule has 1 rings (SSSR count). The highest BCUT2D eigenvalue weighted by molar-refractivity contribution is 7.91. The van der Waals surface area contributed by atoms with Crippen LogP contribution in [0.5, 0.6) is 0 Å². The third kappa shape index (κ3) is 3.58. The van der Waals surface area contributed by atoms with E-state index in [1.54, 1.807) is 6.92 Å². The lowest BCUT2D eigenvalue weighted by Gasteiger charge is -2.32. The van der Waals surface area contributed by atoms with Crippen LogP contribution in [0.2, 0.25) is 0 Å². The minimum Gasteiger partial charge on any atom is -0.313 e. The van der Waals surface area contributed by atoms with E-state index in [1.807, 2.05) is 0 Å². The normalized spacial score (nSPS) is 20.4. The Bertz CT molecular complexity index is 257. The minimum atomic E-state index is -2.79. The van der Waals surface area contributed by atoms with Gasteiger partial charge in [-0.25, -0.2) is 8.42 Å². The molecule has 0 heterocycles. The smallest absolute Gasteiger partial charge is 0.151 e. The molecule has 0 radical (unpaired) electrons. The second kappa shape index (κ2) is 5.12. The summed E-state index contributed by atoms with van der Waals surface area (Å²) in [7, 11) is -2.79. The summed E-state index contributed by atoms with van der Waals surface area (Å²) < 4.78 is 22.4. The highest BCUT2D eigenvalue weighted by Crippen LogP contribution is 2.29. The number of hydrogen-bond donors (Lipinski definition) is 1. The third-order valence-electron chi connectivity index (χ3n) is 3.18. The minimum absolute atomic E-state index is 0.256. The van der Waals surface area contributed by atoms with Crippen LogP contribution in [-0.4, -0.2) is 32.5 Å². The van der Waals surface area contributed by atoms with Gasteiger partial charge in [-0.15, -0.1) is 0 Å². The molecule has 1 aliphatic carbocycles. The van der Waals surface area contributed by atoms with Crippen molar-refractivity contribution < 1.29 is 8.42 Å². The van der Waals surface area contributed by atoms with Crippen molar-refractivity contribution in [2.45, 2.75) is 39.2 Å². The lowest BCUT2D eigenvalue weighted by atomic mass is 9.80. The van der Waals surface area contributed by atoms with E-state index in [4.69, 9.17) is 0 Å². The van der Waals surface area contributed by atoms with E-state index in [2.05, 4.69) is 12.2 Å². The Hall–Kier alpha value is -0.0900. The van der Waals surface area contributed by atoms with Crippen molar-refractivity contribution in [2.24, 2.45) is 5.92 Å². The number of rotatable bonds is 6. The molecule has 1 saturated carbocycles. The molecule has 84 valence electrons. The van der Waals surface area contributed by atoms with Crippen molar-refractivity contribution in [1.29, 1.82) is 0 Å². The molecule has 0 aromatic heterocycles. The topological polar surface area (TPSA) is 46.2 Å². The van der Waals surface area contributed by atoms with Crippen LogP contribution >= 0.6 is 0 Å². The number of nitrogens with one attached hydrogen (secondary N) is 1. The largest absolute Gasteiger partial charge is 0.313 e. The second-order valence-corrected chi connectivity index (χ2v) is 6.64. The first kappa shape index (κ1) is 12.0. The maximum Gasteiger partial charge on any atom is 0.151 e. The maximum absolute atomic E-state index is 11.2. The highest BCUT2D eigenvalue weighted by atomic mass is 32.2.